The van der Waals surface area contributed by atoms with Crippen molar-refractivity contribution >= 4 is 45.7 Å². The second-order valence-corrected chi connectivity index (χ2v) is 7.47. The molecule has 0 spiro atoms. The monoisotopic (exact) mass is 400 g/mol. The summed E-state index contributed by atoms with van der Waals surface area (Å²) in [6, 6.07) is 16.4. The van der Waals surface area contributed by atoms with Crippen molar-refractivity contribution in [3.63, 3.8) is 0 Å². The van der Waals surface area contributed by atoms with Gasteiger partial charge >= 0.3 is 5.97 Å². The highest BCUT2D eigenvalue weighted by atomic mass is 32.2. The smallest absolute Gasteiger partial charge is 0.348 e. The van der Waals surface area contributed by atoms with Crippen molar-refractivity contribution in [2.45, 2.75) is 6.92 Å². The second-order valence-electron chi connectivity index (χ2n) is 5.62. The minimum atomic E-state index is -2.77. The van der Waals surface area contributed by atoms with E-state index >= 15 is 0 Å². The molecular weight excluding hydrogens is 386 g/mol. The van der Waals surface area contributed by atoms with Crippen LogP contribution in [0.3, 0.4) is 0 Å². The van der Waals surface area contributed by atoms with Crippen molar-refractivity contribution in [2.75, 3.05) is 4.31 Å². The zero-order chi connectivity index (χ0) is 19.6. The van der Waals surface area contributed by atoms with Gasteiger partial charge < -0.3 is 9.66 Å². The van der Waals surface area contributed by atoms with Gasteiger partial charge in [0.15, 0.2) is 0 Å². The van der Waals surface area contributed by atoms with E-state index in [-0.39, 0.29) is 21.2 Å². The Bertz CT molecular complexity index is 1030. The van der Waals surface area contributed by atoms with Crippen LogP contribution in [0.4, 0.5) is 11.4 Å². The fraction of sp³-hybridized carbons (Fsp3) is 0.0526. The number of carboxylic acids is 1. The lowest BCUT2D eigenvalue weighted by molar-refractivity contribution is 0.0703. The van der Waals surface area contributed by atoms with Gasteiger partial charge in [0.2, 0.25) is 5.78 Å². The van der Waals surface area contributed by atoms with Gasteiger partial charge in [0.05, 0.1) is 27.5 Å². The molecule has 138 valence electrons. The first-order valence-corrected chi connectivity index (χ1v) is 9.67. The van der Waals surface area contributed by atoms with Gasteiger partial charge in [-0.3, -0.25) is 13.3 Å². The summed E-state index contributed by atoms with van der Waals surface area (Å²) in [5.41, 5.74) is 1.31. The Morgan fingerprint density at radius 2 is 1.67 bits per heavy atom. The molecule has 0 fully saturated rings. The summed E-state index contributed by atoms with van der Waals surface area (Å²) < 4.78 is 24.8. The van der Waals surface area contributed by atoms with Gasteiger partial charge in [0, 0.05) is 5.56 Å². The summed E-state index contributed by atoms with van der Waals surface area (Å²) in [5, 5.41) is 9.55. The number of aromatic carboxylic acids is 1. The second kappa shape index (κ2) is 7.83. The number of thiophene rings is 1. The van der Waals surface area contributed by atoms with Gasteiger partial charge in [-0.15, -0.1) is 11.3 Å². The molecule has 1 unspecified atom stereocenters. The highest BCUT2D eigenvalue weighted by molar-refractivity contribution is 7.81. The predicted molar refractivity (Wildman–Crippen MR) is 103 cm³/mol. The van der Waals surface area contributed by atoms with Crippen LogP contribution in [0.1, 0.15) is 30.5 Å². The first kappa shape index (κ1) is 19.0. The summed E-state index contributed by atoms with van der Waals surface area (Å²) in [5.74, 6) is -1.66. The fourth-order valence-corrected chi connectivity index (χ4v) is 4.28. The van der Waals surface area contributed by atoms with Crippen molar-refractivity contribution in [3.05, 3.63) is 81.5 Å². The predicted octanol–water partition coefficient (Wildman–Crippen LogP) is 3.92. The van der Waals surface area contributed by atoms with Gasteiger partial charge in [-0.05, 0) is 24.6 Å². The first-order chi connectivity index (χ1) is 12.9. The average Bonchev–Trinajstić information content (AvgIpc) is 3.08. The van der Waals surface area contributed by atoms with E-state index in [1.807, 2.05) is 0 Å². The third-order valence-corrected chi connectivity index (χ3v) is 5.67. The summed E-state index contributed by atoms with van der Waals surface area (Å²) in [4.78, 5) is 24.3. The molecule has 2 aromatic carbocycles. The van der Waals surface area contributed by atoms with Crippen LogP contribution in [0.25, 0.3) is 0 Å². The average molecular weight is 400 g/mol. The number of anilines is 2. The van der Waals surface area contributed by atoms with E-state index in [9.17, 15) is 23.5 Å². The summed E-state index contributed by atoms with van der Waals surface area (Å²) in [6.07, 6.45) is 0. The molecule has 6 nitrogen and oxygen atoms in total. The van der Waals surface area contributed by atoms with Crippen LogP contribution in [0.2, 0.25) is 0 Å². The van der Waals surface area contributed by atoms with Crippen LogP contribution in [-0.2, 0) is 11.3 Å². The quantitative estimate of drug-likeness (QED) is 0.500. The molecule has 0 aliphatic carbocycles. The van der Waals surface area contributed by atoms with Crippen LogP contribution >= 0.6 is 11.3 Å². The van der Waals surface area contributed by atoms with Crippen molar-refractivity contribution in [2.24, 2.45) is 0 Å². The molecule has 1 atom stereocenters. The molecule has 0 saturated carbocycles. The maximum absolute atomic E-state index is 12.7. The Kier molecular flexibility index (Phi) is 5.50. The Labute approximate surface area is 162 Å². The van der Waals surface area contributed by atoms with Crippen LogP contribution in [0.15, 0.2) is 60.7 Å². The van der Waals surface area contributed by atoms with Crippen molar-refractivity contribution in [1.82, 2.24) is 0 Å². The molecule has 1 N–H and O–H groups in total. The number of hydrogen-bond donors (Lipinski definition) is 1. The number of ketones is 1. The van der Waals surface area contributed by atoms with Gasteiger partial charge in [-0.25, -0.2) is 4.79 Å². The lowest BCUT2D eigenvalue weighted by Gasteiger charge is -2.27. The molecule has 8 heteroatoms. The number of carboxylic acid groups (broad SMARTS) is 1. The molecule has 0 radical (unpaired) electrons. The number of carbonyl (C=O) groups excluding carboxylic acids is 1. The number of carbonyl (C=O) groups is 2. The number of rotatable bonds is 6. The number of benzene rings is 2. The van der Waals surface area contributed by atoms with Crippen molar-refractivity contribution < 1.29 is 23.5 Å². The third-order valence-electron chi connectivity index (χ3n) is 3.87. The molecule has 0 aliphatic rings. The normalized spacial score (nSPS) is 11.8. The molecule has 0 aliphatic heterocycles. The Morgan fingerprint density at radius 3 is 2.26 bits per heavy atom. The standard InChI is InChI=1S/C19H15NO5S2/c1-12-7-5-6-10-14(12)20(27(24)25)15-11-16(26-18(15)19(22)23)17(21)13-8-3-2-4-9-13/h2-11H,1H3,(H,22,23)(H,24,25)/p-1. The third kappa shape index (κ3) is 3.82. The minimum Gasteiger partial charge on any atom is -0.755 e. The van der Waals surface area contributed by atoms with Gasteiger partial charge in [-0.2, -0.15) is 0 Å². The first-order valence-electron chi connectivity index (χ1n) is 7.82. The van der Waals surface area contributed by atoms with Crippen molar-refractivity contribution in [3.8, 4) is 0 Å². The highest BCUT2D eigenvalue weighted by Gasteiger charge is 2.26. The molecule has 27 heavy (non-hydrogen) atoms. The highest BCUT2D eigenvalue weighted by Crippen LogP contribution is 2.38. The van der Waals surface area contributed by atoms with Crippen LogP contribution in [-0.4, -0.2) is 25.6 Å². The molecule has 0 saturated heterocycles. The molecule has 1 heterocycles. The maximum Gasteiger partial charge on any atom is 0.348 e. The number of hydrogen-bond acceptors (Lipinski definition) is 5. The molecule has 0 bridgehead atoms. The summed E-state index contributed by atoms with van der Waals surface area (Å²) >= 11 is -2.02. The zero-order valence-corrected chi connectivity index (χ0v) is 15.8. The van der Waals surface area contributed by atoms with Crippen LogP contribution in [0.5, 0.6) is 0 Å². The van der Waals surface area contributed by atoms with E-state index < -0.39 is 17.2 Å². The summed E-state index contributed by atoms with van der Waals surface area (Å²) in [6.45, 7) is 1.72. The zero-order valence-electron chi connectivity index (χ0n) is 14.1. The molecule has 3 aromatic rings. The van der Waals surface area contributed by atoms with E-state index in [1.54, 1.807) is 61.5 Å². The Balaban J connectivity index is 2.15. The van der Waals surface area contributed by atoms with E-state index in [2.05, 4.69) is 0 Å². The maximum atomic E-state index is 12.7. The van der Waals surface area contributed by atoms with E-state index in [0.717, 1.165) is 15.6 Å². The van der Waals surface area contributed by atoms with Crippen LogP contribution < -0.4 is 4.31 Å². The van der Waals surface area contributed by atoms with E-state index in [0.29, 0.717) is 16.8 Å². The largest absolute Gasteiger partial charge is 0.755 e. The number of aryl methyl sites for hydroxylation is 1. The molecule has 3 rings (SSSR count). The van der Waals surface area contributed by atoms with Gasteiger partial charge in [0.25, 0.3) is 0 Å². The lowest BCUT2D eigenvalue weighted by atomic mass is 10.1. The van der Waals surface area contributed by atoms with E-state index in [4.69, 9.17) is 0 Å². The van der Waals surface area contributed by atoms with Gasteiger partial charge in [-0.1, -0.05) is 48.5 Å². The minimum absolute atomic E-state index is 0.0607. The number of nitrogens with zero attached hydrogens (tertiary/aromatic N) is 1. The number of para-hydroxylation sites is 1. The van der Waals surface area contributed by atoms with Crippen LogP contribution in [0, 0.1) is 6.92 Å². The lowest BCUT2D eigenvalue weighted by Crippen LogP contribution is -2.21. The SMILES string of the molecule is Cc1ccccc1N(c1cc(C(=O)c2ccccc2)sc1C(=O)O)S(=O)[O-]. The fourth-order valence-electron chi connectivity index (χ4n) is 2.61. The summed E-state index contributed by atoms with van der Waals surface area (Å²) in [7, 11) is 0. The van der Waals surface area contributed by atoms with Gasteiger partial charge in [0.1, 0.15) is 4.88 Å². The molecule has 1 aromatic heterocycles. The Morgan fingerprint density at radius 1 is 1.04 bits per heavy atom. The molecular formula is C19H14NO5S2-. The Hall–Kier alpha value is -2.81. The van der Waals surface area contributed by atoms with Crippen molar-refractivity contribution in [1.29, 1.82) is 0 Å². The van der Waals surface area contributed by atoms with E-state index in [1.165, 1.54) is 6.07 Å². The molecule has 0 amide bonds. The topological polar surface area (TPSA) is 97.7 Å².